The number of halogens is 1. The van der Waals surface area contributed by atoms with E-state index in [9.17, 15) is 0 Å². The summed E-state index contributed by atoms with van der Waals surface area (Å²) >= 11 is 6.10. The minimum atomic E-state index is 0.395. The predicted octanol–water partition coefficient (Wildman–Crippen LogP) is 2.07. The Morgan fingerprint density at radius 2 is 1.55 bits per heavy atom. The quantitative estimate of drug-likeness (QED) is 0.621. The smallest absolute Gasteiger partial charge is 0.140 e. The summed E-state index contributed by atoms with van der Waals surface area (Å²) in [7, 11) is 0. The van der Waals surface area contributed by atoms with Crippen LogP contribution in [0.3, 0.4) is 0 Å². The lowest BCUT2D eigenvalue weighted by Gasteiger charge is -2.09. The molecule has 0 spiro atoms. The first-order chi connectivity index (χ1) is 9.74. The number of nitrogens with zero attached hydrogens (tertiary/aromatic N) is 5. The highest BCUT2D eigenvalue weighted by molar-refractivity contribution is 6.32. The summed E-state index contributed by atoms with van der Waals surface area (Å²) in [5.41, 5.74) is 2.20. The normalized spacial score (nSPS) is 18.4. The monoisotopic (exact) mass is 291 g/mol. The molecular formula is C12H10ClN5O2. The van der Waals surface area contributed by atoms with Gasteiger partial charge in [-0.1, -0.05) is 34.0 Å². The van der Waals surface area contributed by atoms with Crippen molar-refractivity contribution in [3.63, 3.8) is 0 Å². The third-order valence-electron chi connectivity index (χ3n) is 3.07. The predicted molar refractivity (Wildman–Crippen MR) is 72.3 cm³/mol. The summed E-state index contributed by atoms with van der Waals surface area (Å²) in [6.07, 6.45) is 0.869. The van der Waals surface area contributed by atoms with Gasteiger partial charge in [-0.15, -0.1) is 15.0 Å². The number of hydrogen-bond donors (Lipinski definition) is 2. The van der Waals surface area contributed by atoms with Crippen LogP contribution in [-0.4, -0.2) is 36.8 Å². The van der Waals surface area contributed by atoms with Gasteiger partial charge in [0.25, 0.3) is 0 Å². The standard InChI is InChI=1S/C12H10ClN5O2/c13-7-3-1-2-4-10(7)18-14-11-8(16-19)5-6-9(17-20)12(11)15-18/h1-4,19-20H,5-6H2/b16-8+,17-9+. The molecule has 2 aromatic rings. The first-order valence-corrected chi connectivity index (χ1v) is 6.27. The molecule has 2 N–H and O–H groups in total. The van der Waals surface area contributed by atoms with E-state index in [1.807, 2.05) is 6.07 Å². The van der Waals surface area contributed by atoms with Crippen LogP contribution in [0.2, 0.25) is 5.02 Å². The summed E-state index contributed by atoms with van der Waals surface area (Å²) in [5, 5.41) is 33.5. The van der Waals surface area contributed by atoms with E-state index in [0.29, 0.717) is 46.4 Å². The van der Waals surface area contributed by atoms with Crippen LogP contribution in [0.25, 0.3) is 5.69 Å². The van der Waals surface area contributed by atoms with Crippen LogP contribution in [0.15, 0.2) is 34.6 Å². The van der Waals surface area contributed by atoms with Gasteiger partial charge in [0.1, 0.15) is 28.5 Å². The zero-order chi connectivity index (χ0) is 14.1. The fourth-order valence-electron chi connectivity index (χ4n) is 2.09. The second-order valence-electron chi connectivity index (χ2n) is 4.23. The van der Waals surface area contributed by atoms with Gasteiger partial charge in [-0.25, -0.2) is 0 Å². The van der Waals surface area contributed by atoms with Crippen molar-refractivity contribution in [3.05, 3.63) is 40.7 Å². The van der Waals surface area contributed by atoms with E-state index < -0.39 is 0 Å². The highest BCUT2D eigenvalue weighted by atomic mass is 35.5. The van der Waals surface area contributed by atoms with Gasteiger partial charge < -0.3 is 10.4 Å². The Bertz CT molecular complexity index is 685. The fraction of sp³-hybridized carbons (Fsp3) is 0.167. The number of fused-ring (bicyclic) bond motifs is 1. The summed E-state index contributed by atoms with van der Waals surface area (Å²) in [6.45, 7) is 0. The number of benzene rings is 1. The topological polar surface area (TPSA) is 95.9 Å². The van der Waals surface area contributed by atoms with Gasteiger partial charge in [0.05, 0.1) is 5.02 Å². The lowest BCUT2D eigenvalue weighted by molar-refractivity contribution is 0.315. The van der Waals surface area contributed by atoms with Gasteiger partial charge in [0.15, 0.2) is 0 Å². The van der Waals surface area contributed by atoms with Crippen LogP contribution < -0.4 is 0 Å². The SMILES string of the molecule is O/N=C1\CC/C(=N\O)c2nn(-c3ccccc3Cl)nc21. The molecule has 0 amide bonds. The van der Waals surface area contributed by atoms with Gasteiger partial charge >= 0.3 is 0 Å². The second kappa shape index (κ2) is 4.93. The van der Waals surface area contributed by atoms with Gasteiger partial charge in [-0.3, -0.25) is 0 Å². The summed E-state index contributed by atoms with van der Waals surface area (Å²) in [6, 6.07) is 7.10. The highest BCUT2D eigenvalue weighted by Crippen LogP contribution is 2.23. The first kappa shape index (κ1) is 12.6. The molecule has 1 heterocycles. The molecule has 1 aromatic carbocycles. The van der Waals surface area contributed by atoms with Crippen molar-refractivity contribution in [1.29, 1.82) is 0 Å². The van der Waals surface area contributed by atoms with Crippen molar-refractivity contribution in [3.8, 4) is 5.69 Å². The molecule has 0 atom stereocenters. The molecule has 1 aromatic heterocycles. The zero-order valence-corrected chi connectivity index (χ0v) is 11.0. The maximum absolute atomic E-state index is 9.01. The number of rotatable bonds is 1. The molecule has 0 fully saturated rings. The zero-order valence-electron chi connectivity index (χ0n) is 10.2. The Labute approximate surface area is 118 Å². The maximum atomic E-state index is 9.01. The van der Waals surface area contributed by atoms with Crippen LogP contribution in [0.5, 0.6) is 0 Å². The van der Waals surface area contributed by atoms with Crippen molar-refractivity contribution in [2.45, 2.75) is 12.8 Å². The average Bonchev–Trinajstić information content (AvgIpc) is 2.91. The molecular weight excluding hydrogens is 282 g/mol. The summed E-state index contributed by atoms with van der Waals surface area (Å²) in [4.78, 5) is 1.34. The van der Waals surface area contributed by atoms with Gasteiger partial charge in [0.2, 0.25) is 0 Å². The van der Waals surface area contributed by atoms with E-state index in [2.05, 4.69) is 20.5 Å². The largest absolute Gasteiger partial charge is 0.411 e. The van der Waals surface area contributed by atoms with E-state index in [4.69, 9.17) is 22.0 Å². The van der Waals surface area contributed by atoms with Gasteiger partial charge in [0, 0.05) is 12.8 Å². The summed E-state index contributed by atoms with van der Waals surface area (Å²) < 4.78 is 0. The number of hydrogen-bond acceptors (Lipinski definition) is 6. The van der Waals surface area contributed by atoms with Crippen LogP contribution in [0.4, 0.5) is 0 Å². The molecule has 0 aliphatic heterocycles. The van der Waals surface area contributed by atoms with Crippen molar-refractivity contribution in [2.75, 3.05) is 0 Å². The molecule has 20 heavy (non-hydrogen) atoms. The van der Waals surface area contributed by atoms with Crippen molar-refractivity contribution in [2.24, 2.45) is 10.3 Å². The van der Waals surface area contributed by atoms with Crippen molar-refractivity contribution in [1.82, 2.24) is 15.0 Å². The van der Waals surface area contributed by atoms with Crippen LogP contribution in [0, 0.1) is 0 Å². The molecule has 7 nitrogen and oxygen atoms in total. The molecule has 0 radical (unpaired) electrons. The number of para-hydroxylation sites is 1. The minimum Gasteiger partial charge on any atom is -0.411 e. The third-order valence-corrected chi connectivity index (χ3v) is 3.39. The number of aromatic nitrogens is 3. The van der Waals surface area contributed by atoms with Crippen LogP contribution in [-0.2, 0) is 0 Å². The second-order valence-corrected chi connectivity index (χ2v) is 4.64. The van der Waals surface area contributed by atoms with Crippen molar-refractivity contribution >= 4 is 23.0 Å². The number of oxime groups is 2. The Morgan fingerprint density at radius 1 is 1.00 bits per heavy atom. The molecule has 1 aliphatic rings. The van der Waals surface area contributed by atoms with Crippen LogP contribution in [0.1, 0.15) is 24.2 Å². The maximum Gasteiger partial charge on any atom is 0.140 e. The van der Waals surface area contributed by atoms with Gasteiger partial charge in [-0.2, -0.15) is 0 Å². The molecule has 0 bridgehead atoms. The Kier molecular flexibility index (Phi) is 3.11. The van der Waals surface area contributed by atoms with Crippen LogP contribution >= 0.6 is 11.6 Å². The molecule has 1 aliphatic carbocycles. The van der Waals surface area contributed by atoms with Crippen molar-refractivity contribution < 1.29 is 10.4 Å². The molecule has 0 saturated heterocycles. The van der Waals surface area contributed by atoms with Gasteiger partial charge in [-0.05, 0) is 12.1 Å². The lowest BCUT2D eigenvalue weighted by atomic mass is 9.97. The summed E-state index contributed by atoms with van der Waals surface area (Å²) in [5.74, 6) is 0. The van der Waals surface area contributed by atoms with E-state index in [-0.39, 0.29) is 0 Å². The fourth-order valence-corrected chi connectivity index (χ4v) is 2.30. The van der Waals surface area contributed by atoms with E-state index >= 15 is 0 Å². The molecule has 0 saturated carbocycles. The Morgan fingerprint density at radius 3 is 2.05 bits per heavy atom. The minimum absolute atomic E-state index is 0.395. The average molecular weight is 292 g/mol. The van der Waals surface area contributed by atoms with E-state index in [0.717, 1.165) is 0 Å². The molecule has 102 valence electrons. The van der Waals surface area contributed by atoms with E-state index in [1.54, 1.807) is 18.2 Å². The van der Waals surface area contributed by atoms with E-state index in [1.165, 1.54) is 4.80 Å². The third kappa shape index (κ3) is 1.92. The molecule has 0 unspecified atom stereocenters. The Hall–Kier alpha value is -2.41. The first-order valence-electron chi connectivity index (χ1n) is 5.89. The Balaban J connectivity index is 2.18. The molecule has 3 rings (SSSR count). The molecule has 8 heteroatoms. The lowest BCUT2D eigenvalue weighted by Crippen LogP contribution is -2.18. The highest BCUT2D eigenvalue weighted by Gasteiger charge is 2.28.